The first-order valence-electron chi connectivity index (χ1n) is 8.21. The zero-order chi connectivity index (χ0) is 19.4. The highest BCUT2D eigenvalue weighted by Gasteiger charge is 2.12. The number of aromatic nitrogens is 3. The summed E-state index contributed by atoms with van der Waals surface area (Å²) in [5.74, 6) is -0.168. The van der Waals surface area contributed by atoms with E-state index < -0.39 is 0 Å². The molecule has 0 saturated heterocycles. The lowest BCUT2D eigenvalue weighted by molar-refractivity contribution is -0.121. The van der Waals surface area contributed by atoms with E-state index in [-0.39, 0.29) is 24.4 Å². The maximum absolute atomic E-state index is 12.6. The lowest BCUT2D eigenvalue weighted by atomic mass is 10.2. The molecule has 0 spiro atoms. The minimum atomic E-state index is -0.196. The lowest BCUT2D eigenvalue weighted by Crippen LogP contribution is -2.27. The predicted molar refractivity (Wildman–Crippen MR) is 111 cm³/mol. The number of fused-ring (bicyclic) bond motifs is 1. The van der Waals surface area contributed by atoms with E-state index in [1.54, 1.807) is 16.7 Å². The van der Waals surface area contributed by atoms with E-state index in [9.17, 15) is 9.59 Å². The Morgan fingerprint density at radius 1 is 1.41 bits per heavy atom. The van der Waals surface area contributed by atoms with Crippen molar-refractivity contribution in [2.45, 2.75) is 26.1 Å². The fourth-order valence-electron chi connectivity index (χ4n) is 2.57. The summed E-state index contributed by atoms with van der Waals surface area (Å²) in [6.07, 6.45) is 3.32. The fraction of sp³-hybridized carbons (Fsp3) is 0.222. The molecule has 27 heavy (non-hydrogen) atoms. The monoisotopic (exact) mass is 420 g/mol. The Hall–Kier alpha value is -2.29. The molecule has 0 fully saturated rings. The van der Waals surface area contributed by atoms with Gasteiger partial charge in [-0.2, -0.15) is 0 Å². The number of nitrogens with zero attached hydrogens (tertiary/aromatic N) is 3. The topological polar surface area (TPSA) is 68.9 Å². The van der Waals surface area contributed by atoms with E-state index in [0.29, 0.717) is 32.4 Å². The van der Waals surface area contributed by atoms with Crippen molar-refractivity contribution in [2.75, 3.05) is 0 Å². The number of amides is 1. The van der Waals surface area contributed by atoms with Crippen LogP contribution in [-0.4, -0.2) is 20.0 Å². The van der Waals surface area contributed by atoms with Crippen molar-refractivity contribution >= 4 is 51.4 Å². The van der Waals surface area contributed by atoms with Crippen molar-refractivity contribution in [1.29, 1.82) is 0 Å². The number of nitrogens with one attached hydrogen (secondary N) is 1. The van der Waals surface area contributed by atoms with Crippen molar-refractivity contribution in [1.82, 2.24) is 19.4 Å². The molecular weight excluding hydrogens is 404 g/mol. The van der Waals surface area contributed by atoms with Gasteiger partial charge in [0.15, 0.2) is 9.60 Å². The van der Waals surface area contributed by atoms with Crippen LogP contribution in [0.5, 0.6) is 0 Å². The molecule has 2 aromatic heterocycles. The molecule has 2 heterocycles. The molecule has 0 aliphatic rings. The number of rotatable bonds is 7. The standard InChI is InChI=1S/C18H17ClN4O2S2/c1-2-8-23-16-15(27-18(23)26)17(25)22(11-21-16)9-7-14(24)20-10-12-5-3-4-6-13(12)19/h2-6,11H,1,7-10H2,(H,20,24). The quantitative estimate of drug-likeness (QED) is 0.469. The first-order valence-corrected chi connectivity index (χ1v) is 9.81. The molecule has 0 saturated carbocycles. The van der Waals surface area contributed by atoms with Crippen molar-refractivity contribution in [3.8, 4) is 0 Å². The lowest BCUT2D eigenvalue weighted by Gasteiger charge is -2.08. The van der Waals surface area contributed by atoms with Gasteiger partial charge in [-0.15, -0.1) is 6.58 Å². The number of allylic oxidation sites excluding steroid dienone is 1. The largest absolute Gasteiger partial charge is 0.352 e. The first-order chi connectivity index (χ1) is 13.0. The summed E-state index contributed by atoms with van der Waals surface area (Å²) in [5.41, 5.74) is 1.20. The summed E-state index contributed by atoms with van der Waals surface area (Å²) in [7, 11) is 0. The molecule has 1 aromatic carbocycles. The minimum absolute atomic E-state index is 0.163. The van der Waals surface area contributed by atoms with Crippen LogP contribution in [0.1, 0.15) is 12.0 Å². The van der Waals surface area contributed by atoms with E-state index in [4.69, 9.17) is 23.8 Å². The van der Waals surface area contributed by atoms with Gasteiger partial charge in [0.05, 0.1) is 6.33 Å². The maximum Gasteiger partial charge on any atom is 0.272 e. The van der Waals surface area contributed by atoms with E-state index >= 15 is 0 Å². The third-order valence-corrected chi connectivity index (χ3v) is 5.76. The number of hydrogen-bond donors (Lipinski definition) is 1. The van der Waals surface area contributed by atoms with Gasteiger partial charge in [-0.1, -0.05) is 47.2 Å². The maximum atomic E-state index is 12.6. The van der Waals surface area contributed by atoms with Crippen LogP contribution in [-0.2, 0) is 24.4 Å². The van der Waals surface area contributed by atoms with Crippen LogP contribution in [0.3, 0.4) is 0 Å². The smallest absolute Gasteiger partial charge is 0.272 e. The molecule has 3 aromatic rings. The summed E-state index contributed by atoms with van der Waals surface area (Å²) < 4.78 is 4.26. The average Bonchev–Trinajstić information content (AvgIpc) is 2.97. The number of halogens is 1. The second kappa shape index (κ2) is 8.60. The second-order valence-electron chi connectivity index (χ2n) is 5.78. The molecule has 0 aliphatic heterocycles. The van der Waals surface area contributed by atoms with Crippen LogP contribution >= 0.6 is 35.2 Å². The van der Waals surface area contributed by atoms with E-state index in [1.807, 2.05) is 18.2 Å². The Bertz CT molecular complexity index is 1120. The molecule has 0 unspecified atom stereocenters. The van der Waals surface area contributed by atoms with Crippen molar-refractivity contribution in [3.05, 3.63) is 68.1 Å². The summed E-state index contributed by atoms with van der Waals surface area (Å²) in [4.78, 5) is 29.1. The van der Waals surface area contributed by atoms with Gasteiger partial charge in [-0.25, -0.2) is 4.98 Å². The molecular formula is C18H17ClN4O2S2. The third kappa shape index (κ3) is 4.35. The van der Waals surface area contributed by atoms with Gasteiger partial charge in [-0.3, -0.25) is 14.2 Å². The van der Waals surface area contributed by atoms with Crippen LogP contribution < -0.4 is 10.9 Å². The Balaban J connectivity index is 1.68. The first kappa shape index (κ1) is 19.5. The molecule has 0 aliphatic carbocycles. The van der Waals surface area contributed by atoms with Crippen molar-refractivity contribution < 1.29 is 4.79 Å². The highest BCUT2D eigenvalue weighted by atomic mass is 35.5. The van der Waals surface area contributed by atoms with E-state index in [1.165, 1.54) is 22.2 Å². The molecule has 1 N–H and O–H groups in total. The molecule has 9 heteroatoms. The van der Waals surface area contributed by atoms with Gasteiger partial charge in [0, 0.05) is 31.1 Å². The number of carbonyl (C=O) groups excluding carboxylic acids is 1. The van der Waals surface area contributed by atoms with Gasteiger partial charge in [0.2, 0.25) is 5.91 Å². The zero-order valence-corrected chi connectivity index (χ0v) is 16.7. The summed E-state index contributed by atoms with van der Waals surface area (Å²) >= 11 is 12.6. The number of aryl methyl sites for hydroxylation is 1. The Morgan fingerprint density at radius 2 is 2.19 bits per heavy atom. The van der Waals surface area contributed by atoms with Crippen molar-refractivity contribution in [2.24, 2.45) is 0 Å². The predicted octanol–water partition coefficient (Wildman–Crippen LogP) is 3.53. The average molecular weight is 421 g/mol. The van der Waals surface area contributed by atoms with Crippen LogP contribution in [0.25, 0.3) is 10.3 Å². The van der Waals surface area contributed by atoms with Gasteiger partial charge in [0.1, 0.15) is 4.70 Å². The SMILES string of the molecule is C=CCn1c(=S)sc2c(=O)n(CCC(=O)NCc3ccccc3Cl)cnc21. The molecule has 1 amide bonds. The van der Waals surface area contributed by atoms with Gasteiger partial charge >= 0.3 is 0 Å². The molecule has 0 radical (unpaired) electrons. The van der Waals surface area contributed by atoms with Gasteiger partial charge < -0.3 is 9.88 Å². The van der Waals surface area contributed by atoms with Gasteiger partial charge in [0.25, 0.3) is 5.56 Å². The summed E-state index contributed by atoms with van der Waals surface area (Å²) in [6.45, 7) is 4.77. The number of thiazole rings is 1. The summed E-state index contributed by atoms with van der Waals surface area (Å²) in [5, 5.41) is 3.41. The zero-order valence-electron chi connectivity index (χ0n) is 14.4. The van der Waals surface area contributed by atoms with Crippen LogP contribution in [0.2, 0.25) is 5.02 Å². The number of hydrogen-bond acceptors (Lipinski definition) is 5. The second-order valence-corrected chi connectivity index (χ2v) is 7.83. The van der Waals surface area contributed by atoms with E-state index in [2.05, 4.69) is 16.9 Å². The fourth-order valence-corrected chi connectivity index (χ4v) is 4.09. The number of carbonyl (C=O) groups is 1. The number of benzene rings is 1. The Morgan fingerprint density at radius 3 is 2.93 bits per heavy atom. The Kier molecular flexibility index (Phi) is 6.20. The minimum Gasteiger partial charge on any atom is -0.352 e. The third-order valence-electron chi connectivity index (χ3n) is 3.97. The normalized spacial score (nSPS) is 10.9. The summed E-state index contributed by atoms with van der Waals surface area (Å²) in [6, 6.07) is 7.32. The van der Waals surface area contributed by atoms with Crippen LogP contribution in [0, 0.1) is 3.95 Å². The molecule has 140 valence electrons. The van der Waals surface area contributed by atoms with Crippen molar-refractivity contribution in [3.63, 3.8) is 0 Å². The van der Waals surface area contributed by atoms with Gasteiger partial charge in [-0.05, 0) is 23.8 Å². The highest BCUT2D eigenvalue weighted by Crippen LogP contribution is 2.18. The molecule has 6 nitrogen and oxygen atoms in total. The van der Waals surface area contributed by atoms with Crippen LogP contribution in [0.4, 0.5) is 0 Å². The van der Waals surface area contributed by atoms with E-state index in [0.717, 1.165) is 5.56 Å². The van der Waals surface area contributed by atoms with Crippen LogP contribution in [0.15, 0.2) is 48.0 Å². The Labute approximate surface area is 169 Å². The molecule has 0 atom stereocenters. The molecule has 3 rings (SSSR count). The molecule has 0 bridgehead atoms. The highest BCUT2D eigenvalue weighted by molar-refractivity contribution is 7.73.